The molecule has 3 aromatic carbocycles. The van der Waals surface area contributed by atoms with Crippen LogP contribution in [-0.4, -0.2) is 43.6 Å². The van der Waals surface area contributed by atoms with Crippen LogP contribution in [0.4, 0.5) is 0 Å². The standard InChI is InChI=1S/C39H44N2O7S/c1-11-48-36(44)30-31(23-15-13-12-14-16-23)40-37-41(32(30)24-20-27(45-8)34(47-10)28(21-24)46-9)35(43)29(49-37)19-22-17-25(38(2,3)4)33(42)26(18-22)39(5,6)7/h12-21,32,42H,11H2,1-10H3/b29-19-/t32-/m1/s1. The van der Waals surface area contributed by atoms with Crippen molar-refractivity contribution < 1.29 is 28.8 Å². The number of methoxy groups -OCH3 is 3. The van der Waals surface area contributed by atoms with E-state index in [-0.39, 0.29) is 34.3 Å². The molecule has 10 heteroatoms. The second kappa shape index (κ2) is 13.6. The fraction of sp³-hybridized carbons (Fsp3) is 0.359. The second-order valence-electron chi connectivity index (χ2n) is 13.9. The van der Waals surface area contributed by atoms with E-state index < -0.39 is 12.0 Å². The van der Waals surface area contributed by atoms with Gasteiger partial charge in [0.1, 0.15) is 5.75 Å². The van der Waals surface area contributed by atoms with Crippen LogP contribution in [0.25, 0.3) is 11.8 Å². The SMILES string of the molecule is CCOC(=O)C1=C(c2ccccc2)N=c2s/c(=C\c3cc(C(C)(C)C)c(O)c(C(C)(C)C)c3)c(=O)n2[C@@H]1c1cc(OC)c(OC)c(OC)c1. The van der Waals surface area contributed by atoms with Gasteiger partial charge in [-0.25, -0.2) is 9.79 Å². The minimum atomic E-state index is -0.948. The Morgan fingerprint density at radius 2 is 1.49 bits per heavy atom. The molecule has 0 fully saturated rings. The van der Waals surface area contributed by atoms with Crippen LogP contribution in [0.2, 0.25) is 0 Å². The van der Waals surface area contributed by atoms with E-state index in [0.717, 1.165) is 16.7 Å². The third-order valence-corrected chi connectivity index (χ3v) is 9.41. The van der Waals surface area contributed by atoms with Crippen molar-refractivity contribution in [2.24, 2.45) is 4.99 Å². The Kier molecular flexibility index (Phi) is 9.84. The summed E-state index contributed by atoms with van der Waals surface area (Å²) in [5.41, 5.74) is 3.15. The Morgan fingerprint density at radius 1 is 0.918 bits per heavy atom. The number of nitrogens with zero attached hydrogens (tertiary/aromatic N) is 2. The summed E-state index contributed by atoms with van der Waals surface area (Å²) >= 11 is 1.23. The summed E-state index contributed by atoms with van der Waals surface area (Å²) in [5, 5.41) is 11.3. The van der Waals surface area contributed by atoms with Crippen molar-refractivity contribution >= 4 is 29.1 Å². The van der Waals surface area contributed by atoms with Gasteiger partial charge in [0.25, 0.3) is 5.56 Å². The molecule has 1 aliphatic heterocycles. The number of benzene rings is 3. The van der Waals surface area contributed by atoms with Crippen molar-refractivity contribution in [1.29, 1.82) is 0 Å². The van der Waals surface area contributed by atoms with Gasteiger partial charge in [-0.15, -0.1) is 0 Å². The fourth-order valence-electron chi connectivity index (χ4n) is 6.05. The van der Waals surface area contributed by atoms with Crippen LogP contribution in [-0.2, 0) is 20.4 Å². The number of rotatable bonds is 8. The molecule has 4 aromatic rings. The molecule has 258 valence electrons. The normalized spacial score (nSPS) is 15.1. The number of fused-ring (bicyclic) bond motifs is 1. The molecule has 0 bridgehead atoms. The van der Waals surface area contributed by atoms with Crippen LogP contribution >= 0.6 is 11.3 Å². The molecule has 0 spiro atoms. The predicted octanol–water partition coefficient (Wildman–Crippen LogP) is 6.26. The third kappa shape index (κ3) is 6.74. The molecule has 1 atom stereocenters. The Labute approximate surface area is 290 Å². The molecule has 0 saturated heterocycles. The first-order valence-corrected chi connectivity index (χ1v) is 16.9. The number of carbonyl (C=O) groups is 1. The van der Waals surface area contributed by atoms with E-state index >= 15 is 0 Å². The van der Waals surface area contributed by atoms with Crippen molar-refractivity contribution in [1.82, 2.24) is 4.57 Å². The van der Waals surface area contributed by atoms with Gasteiger partial charge in [-0.1, -0.05) is 83.2 Å². The van der Waals surface area contributed by atoms with Crippen LogP contribution in [0, 0.1) is 0 Å². The van der Waals surface area contributed by atoms with Crippen molar-refractivity contribution in [3.63, 3.8) is 0 Å². The number of carbonyl (C=O) groups excluding carboxylic acids is 1. The molecule has 1 N–H and O–H groups in total. The molecule has 49 heavy (non-hydrogen) atoms. The van der Waals surface area contributed by atoms with Gasteiger partial charge in [-0.3, -0.25) is 9.36 Å². The molecule has 0 aliphatic carbocycles. The summed E-state index contributed by atoms with van der Waals surface area (Å²) in [6, 6.07) is 15.8. The molecule has 1 aliphatic rings. The molecule has 2 heterocycles. The first-order chi connectivity index (χ1) is 23.1. The van der Waals surface area contributed by atoms with Gasteiger partial charge in [0.15, 0.2) is 16.3 Å². The minimum Gasteiger partial charge on any atom is -0.507 e. The van der Waals surface area contributed by atoms with Crippen LogP contribution in [0.1, 0.15) is 82.3 Å². The lowest BCUT2D eigenvalue weighted by molar-refractivity contribution is -0.138. The molecule has 0 saturated carbocycles. The Balaban J connectivity index is 1.89. The maximum Gasteiger partial charge on any atom is 0.338 e. The first kappa shape index (κ1) is 35.5. The molecule has 1 aromatic heterocycles. The Hall–Kier alpha value is -4.83. The summed E-state index contributed by atoms with van der Waals surface area (Å²) in [6.45, 7) is 14.1. The van der Waals surface area contributed by atoms with Crippen LogP contribution in [0.15, 0.2) is 70.0 Å². The second-order valence-corrected chi connectivity index (χ2v) is 14.9. The summed E-state index contributed by atoms with van der Waals surface area (Å²) in [7, 11) is 4.54. The topological polar surface area (TPSA) is 109 Å². The number of phenols is 1. The van der Waals surface area contributed by atoms with Gasteiger partial charge in [0.2, 0.25) is 5.75 Å². The number of thiazole rings is 1. The van der Waals surface area contributed by atoms with Gasteiger partial charge in [0.05, 0.1) is 49.8 Å². The number of phenolic OH excluding ortho intramolecular Hbond substituents is 1. The number of aromatic nitrogens is 1. The average molecular weight is 685 g/mol. The van der Waals surface area contributed by atoms with E-state index in [2.05, 4.69) is 0 Å². The molecule has 0 radical (unpaired) electrons. The summed E-state index contributed by atoms with van der Waals surface area (Å²) < 4.78 is 24.5. The van der Waals surface area contributed by atoms with Crippen LogP contribution in [0.3, 0.4) is 0 Å². The average Bonchev–Trinajstić information content (AvgIpc) is 3.37. The van der Waals surface area contributed by atoms with Gasteiger partial charge in [-0.05, 0) is 59.2 Å². The van der Waals surface area contributed by atoms with E-state index in [0.29, 0.717) is 43.4 Å². The number of hydrogen-bond donors (Lipinski definition) is 1. The van der Waals surface area contributed by atoms with E-state index in [4.69, 9.17) is 23.9 Å². The van der Waals surface area contributed by atoms with E-state index in [1.807, 2.05) is 90.1 Å². The highest BCUT2D eigenvalue weighted by molar-refractivity contribution is 7.07. The highest BCUT2D eigenvalue weighted by atomic mass is 32.1. The van der Waals surface area contributed by atoms with Crippen molar-refractivity contribution in [2.45, 2.75) is 65.3 Å². The number of esters is 1. The zero-order chi connectivity index (χ0) is 35.8. The lowest BCUT2D eigenvalue weighted by Crippen LogP contribution is -2.40. The van der Waals surface area contributed by atoms with Crippen molar-refractivity contribution in [3.8, 4) is 23.0 Å². The van der Waals surface area contributed by atoms with Crippen LogP contribution in [0.5, 0.6) is 23.0 Å². The van der Waals surface area contributed by atoms with Crippen molar-refractivity contribution in [2.75, 3.05) is 27.9 Å². The highest BCUT2D eigenvalue weighted by Crippen LogP contribution is 2.44. The van der Waals surface area contributed by atoms with Gasteiger partial charge >= 0.3 is 5.97 Å². The minimum absolute atomic E-state index is 0.129. The molecule has 5 rings (SSSR count). The van der Waals surface area contributed by atoms with Gasteiger partial charge < -0.3 is 24.1 Å². The lowest BCUT2D eigenvalue weighted by atomic mass is 9.78. The molecular formula is C39H44N2O7S. The monoisotopic (exact) mass is 684 g/mol. The maximum atomic E-state index is 14.6. The smallest absolute Gasteiger partial charge is 0.338 e. The number of aromatic hydroxyl groups is 1. The Morgan fingerprint density at radius 3 is 1.98 bits per heavy atom. The zero-order valence-corrected chi connectivity index (χ0v) is 30.6. The maximum absolute atomic E-state index is 14.6. The first-order valence-electron chi connectivity index (χ1n) is 16.1. The summed E-state index contributed by atoms with van der Waals surface area (Å²) in [5.74, 6) is 0.777. The van der Waals surface area contributed by atoms with Crippen LogP contribution < -0.4 is 29.1 Å². The van der Waals surface area contributed by atoms with E-state index in [1.54, 1.807) is 19.1 Å². The van der Waals surface area contributed by atoms with Gasteiger partial charge in [0, 0.05) is 16.7 Å². The largest absolute Gasteiger partial charge is 0.507 e. The van der Waals surface area contributed by atoms with E-state index in [9.17, 15) is 14.7 Å². The third-order valence-electron chi connectivity index (χ3n) is 8.42. The summed E-state index contributed by atoms with van der Waals surface area (Å²) in [4.78, 5) is 33.9. The Bertz CT molecular complexity index is 2050. The van der Waals surface area contributed by atoms with Crippen molar-refractivity contribution in [3.05, 3.63) is 108 Å². The predicted molar refractivity (Wildman–Crippen MR) is 193 cm³/mol. The number of hydrogen-bond acceptors (Lipinski definition) is 9. The molecule has 0 unspecified atom stereocenters. The lowest BCUT2D eigenvalue weighted by Gasteiger charge is -2.27. The van der Waals surface area contributed by atoms with E-state index in [1.165, 1.54) is 37.2 Å². The summed E-state index contributed by atoms with van der Waals surface area (Å²) in [6.07, 6.45) is 1.83. The highest BCUT2D eigenvalue weighted by Gasteiger charge is 2.36. The molecule has 9 nitrogen and oxygen atoms in total. The quantitative estimate of drug-likeness (QED) is 0.218. The zero-order valence-electron chi connectivity index (χ0n) is 29.8. The van der Waals surface area contributed by atoms with Gasteiger partial charge in [-0.2, -0.15) is 0 Å². The number of ether oxygens (including phenoxy) is 4. The fourth-order valence-corrected chi connectivity index (χ4v) is 7.05. The molecular weight excluding hydrogens is 641 g/mol. The molecule has 0 amide bonds.